The van der Waals surface area contributed by atoms with Crippen LogP contribution in [-0.2, 0) is 6.42 Å². The number of carboxylic acids is 1. The number of thiazole rings is 1. The Morgan fingerprint density at radius 2 is 2.18 bits per heavy atom. The lowest BCUT2D eigenvalue weighted by molar-refractivity contribution is 0.0702. The average molecular weight is 318 g/mol. The number of carbonyl (C=O) groups is 1. The van der Waals surface area contributed by atoms with Crippen LogP contribution in [0.2, 0.25) is 0 Å². The van der Waals surface area contributed by atoms with Crippen LogP contribution in [-0.4, -0.2) is 58.7 Å². The maximum Gasteiger partial charge on any atom is 0.348 e. The van der Waals surface area contributed by atoms with E-state index in [2.05, 4.69) is 20.2 Å². The van der Waals surface area contributed by atoms with Gasteiger partial charge in [-0.3, -0.25) is 4.98 Å². The molecule has 0 atom stereocenters. The Labute approximate surface area is 132 Å². The summed E-state index contributed by atoms with van der Waals surface area (Å²) in [5.41, 5.74) is 1.10. The summed E-state index contributed by atoms with van der Waals surface area (Å²) in [5, 5.41) is 13.6. The first kappa shape index (κ1) is 15.1. The topological polar surface area (TPSA) is 78.4 Å². The first-order valence-corrected chi connectivity index (χ1v) is 8.13. The molecule has 0 aromatic carbocycles. The Bertz CT molecular complexity index is 638. The number of piperazine rings is 1. The highest BCUT2D eigenvalue weighted by Gasteiger charge is 2.20. The van der Waals surface area contributed by atoms with E-state index in [0.29, 0.717) is 11.4 Å². The van der Waals surface area contributed by atoms with E-state index < -0.39 is 5.97 Å². The van der Waals surface area contributed by atoms with E-state index in [0.717, 1.165) is 44.2 Å². The maximum absolute atomic E-state index is 11.4. The summed E-state index contributed by atoms with van der Waals surface area (Å²) < 4.78 is 0. The van der Waals surface area contributed by atoms with Crippen LogP contribution in [0.4, 0.5) is 0 Å². The fourth-order valence-electron chi connectivity index (χ4n) is 2.48. The minimum Gasteiger partial charge on any atom is -0.477 e. The fourth-order valence-corrected chi connectivity index (χ4v) is 3.38. The van der Waals surface area contributed by atoms with Crippen LogP contribution < -0.4 is 5.32 Å². The first-order valence-electron chi connectivity index (χ1n) is 7.31. The van der Waals surface area contributed by atoms with Crippen molar-refractivity contribution in [2.45, 2.75) is 6.42 Å². The van der Waals surface area contributed by atoms with Gasteiger partial charge in [-0.1, -0.05) is 6.07 Å². The zero-order valence-corrected chi connectivity index (χ0v) is 13.0. The normalized spacial score (nSPS) is 15.8. The summed E-state index contributed by atoms with van der Waals surface area (Å²) in [7, 11) is 0. The predicted molar refractivity (Wildman–Crippen MR) is 85.3 cm³/mol. The Balaban J connectivity index is 1.76. The number of carboxylic acid groups (broad SMARTS) is 1. The molecule has 0 radical (unpaired) electrons. The number of aromatic carboxylic acids is 1. The summed E-state index contributed by atoms with van der Waals surface area (Å²) in [5.74, 6) is -0.938. The van der Waals surface area contributed by atoms with Gasteiger partial charge in [0.25, 0.3) is 0 Å². The summed E-state index contributed by atoms with van der Waals surface area (Å²) in [6.45, 7) is 5.00. The highest BCUT2D eigenvalue weighted by molar-refractivity contribution is 7.14. The van der Waals surface area contributed by atoms with Crippen molar-refractivity contribution in [1.29, 1.82) is 0 Å². The van der Waals surface area contributed by atoms with Crippen molar-refractivity contribution in [2.24, 2.45) is 0 Å². The minimum atomic E-state index is -0.938. The quantitative estimate of drug-likeness (QED) is 0.866. The Hall–Kier alpha value is -1.83. The predicted octanol–water partition coefficient (Wildman–Crippen LogP) is 1.35. The van der Waals surface area contributed by atoms with Crippen LogP contribution in [0.1, 0.15) is 14.7 Å². The van der Waals surface area contributed by atoms with E-state index in [-0.39, 0.29) is 4.88 Å². The molecule has 3 rings (SSSR count). The van der Waals surface area contributed by atoms with Crippen LogP contribution in [0.5, 0.6) is 0 Å². The van der Waals surface area contributed by atoms with Crippen molar-refractivity contribution in [1.82, 2.24) is 20.2 Å². The summed E-state index contributed by atoms with van der Waals surface area (Å²) in [6, 6.07) is 5.44. The van der Waals surface area contributed by atoms with Crippen molar-refractivity contribution >= 4 is 17.3 Å². The smallest absolute Gasteiger partial charge is 0.348 e. The molecule has 0 unspecified atom stereocenters. The number of hydrogen-bond acceptors (Lipinski definition) is 6. The number of hydrogen-bond donors (Lipinski definition) is 2. The summed E-state index contributed by atoms with van der Waals surface area (Å²) in [6.07, 6.45) is 2.43. The lowest BCUT2D eigenvalue weighted by Crippen LogP contribution is -2.44. The second kappa shape index (κ2) is 6.95. The number of pyridine rings is 1. The second-order valence-electron chi connectivity index (χ2n) is 5.15. The van der Waals surface area contributed by atoms with Crippen molar-refractivity contribution in [3.8, 4) is 11.4 Å². The van der Waals surface area contributed by atoms with Gasteiger partial charge >= 0.3 is 5.97 Å². The third kappa shape index (κ3) is 3.49. The molecule has 1 fully saturated rings. The van der Waals surface area contributed by atoms with Gasteiger partial charge in [-0.25, -0.2) is 9.78 Å². The molecule has 2 aromatic heterocycles. The number of nitrogens with one attached hydrogen (secondary N) is 1. The molecule has 2 aromatic rings. The standard InChI is InChI=1S/C15H18N4O2S/c20-15(21)14-13(11-3-1-2-5-17-11)18-12(22-14)4-8-19-9-6-16-7-10-19/h1-3,5,16H,4,6-10H2,(H,20,21). The summed E-state index contributed by atoms with van der Waals surface area (Å²) in [4.78, 5) is 22.8. The van der Waals surface area contributed by atoms with Crippen LogP contribution in [0.25, 0.3) is 11.4 Å². The van der Waals surface area contributed by atoms with Gasteiger partial charge in [-0.2, -0.15) is 0 Å². The zero-order valence-electron chi connectivity index (χ0n) is 12.2. The molecule has 7 heteroatoms. The van der Waals surface area contributed by atoms with Gasteiger partial charge in [0.2, 0.25) is 0 Å². The second-order valence-corrected chi connectivity index (χ2v) is 6.23. The molecule has 1 saturated heterocycles. The molecular formula is C15H18N4O2S. The van der Waals surface area contributed by atoms with Gasteiger partial charge in [0.1, 0.15) is 10.6 Å². The molecule has 1 aliphatic heterocycles. The molecule has 3 heterocycles. The van der Waals surface area contributed by atoms with Crippen molar-refractivity contribution in [3.05, 3.63) is 34.3 Å². The van der Waals surface area contributed by atoms with Gasteiger partial charge in [-0.05, 0) is 12.1 Å². The van der Waals surface area contributed by atoms with Crippen LogP contribution in [0.15, 0.2) is 24.4 Å². The Morgan fingerprint density at radius 3 is 2.86 bits per heavy atom. The van der Waals surface area contributed by atoms with Crippen LogP contribution >= 0.6 is 11.3 Å². The molecule has 0 spiro atoms. The molecule has 22 heavy (non-hydrogen) atoms. The number of nitrogens with zero attached hydrogens (tertiary/aromatic N) is 3. The van der Waals surface area contributed by atoms with Crippen LogP contribution in [0.3, 0.4) is 0 Å². The van der Waals surface area contributed by atoms with Gasteiger partial charge in [-0.15, -0.1) is 11.3 Å². The van der Waals surface area contributed by atoms with E-state index in [1.807, 2.05) is 12.1 Å². The molecule has 1 aliphatic rings. The maximum atomic E-state index is 11.4. The van der Waals surface area contributed by atoms with E-state index in [4.69, 9.17) is 0 Å². The monoisotopic (exact) mass is 318 g/mol. The van der Waals surface area contributed by atoms with Gasteiger partial charge in [0.05, 0.1) is 10.7 Å². The van der Waals surface area contributed by atoms with Gasteiger partial charge < -0.3 is 15.3 Å². The van der Waals surface area contributed by atoms with Crippen LogP contribution in [0, 0.1) is 0 Å². The minimum absolute atomic E-state index is 0.272. The zero-order chi connectivity index (χ0) is 15.4. The molecule has 6 nitrogen and oxygen atoms in total. The molecule has 0 amide bonds. The SMILES string of the molecule is O=C(O)c1sc(CCN2CCNCC2)nc1-c1ccccn1. The highest BCUT2D eigenvalue weighted by Crippen LogP contribution is 2.27. The lowest BCUT2D eigenvalue weighted by atomic mass is 10.2. The van der Waals surface area contributed by atoms with Crippen molar-refractivity contribution in [3.63, 3.8) is 0 Å². The van der Waals surface area contributed by atoms with E-state index in [1.165, 1.54) is 11.3 Å². The molecule has 0 bridgehead atoms. The van der Waals surface area contributed by atoms with E-state index in [1.54, 1.807) is 12.3 Å². The molecule has 0 aliphatic carbocycles. The van der Waals surface area contributed by atoms with Crippen molar-refractivity contribution < 1.29 is 9.90 Å². The average Bonchev–Trinajstić information content (AvgIpc) is 2.99. The Morgan fingerprint density at radius 1 is 1.36 bits per heavy atom. The van der Waals surface area contributed by atoms with Gasteiger partial charge in [0, 0.05) is 45.3 Å². The van der Waals surface area contributed by atoms with Crippen molar-refractivity contribution in [2.75, 3.05) is 32.7 Å². The largest absolute Gasteiger partial charge is 0.477 e. The third-order valence-electron chi connectivity index (χ3n) is 3.62. The fraction of sp³-hybridized carbons (Fsp3) is 0.400. The summed E-state index contributed by atoms with van der Waals surface area (Å²) >= 11 is 1.26. The molecule has 116 valence electrons. The van der Waals surface area contributed by atoms with E-state index >= 15 is 0 Å². The highest BCUT2D eigenvalue weighted by atomic mass is 32.1. The number of aromatic nitrogens is 2. The lowest BCUT2D eigenvalue weighted by Gasteiger charge is -2.26. The molecule has 2 N–H and O–H groups in total. The number of rotatable bonds is 5. The first-order chi connectivity index (χ1) is 10.7. The third-order valence-corrected chi connectivity index (χ3v) is 4.73. The van der Waals surface area contributed by atoms with E-state index in [9.17, 15) is 9.90 Å². The molecule has 0 saturated carbocycles. The molecular weight excluding hydrogens is 300 g/mol. The Kier molecular flexibility index (Phi) is 4.77. The van der Waals surface area contributed by atoms with Gasteiger partial charge in [0.15, 0.2) is 0 Å².